The molecule has 0 aliphatic heterocycles. The van der Waals surface area contributed by atoms with Crippen molar-refractivity contribution in [1.29, 1.82) is 0 Å². The van der Waals surface area contributed by atoms with Crippen molar-refractivity contribution in [3.8, 4) is 11.1 Å². The number of aromatic nitrogens is 1. The fourth-order valence-electron chi connectivity index (χ4n) is 5.03. The molecule has 0 spiro atoms. The van der Waals surface area contributed by atoms with Crippen molar-refractivity contribution < 1.29 is 28.8 Å². The van der Waals surface area contributed by atoms with Crippen LogP contribution in [-0.4, -0.2) is 40.8 Å². The maximum atomic E-state index is 12.9. The number of benzene rings is 2. The van der Waals surface area contributed by atoms with E-state index in [2.05, 4.69) is 17.1 Å². The summed E-state index contributed by atoms with van der Waals surface area (Å²) >= 11 is 0. The van der Waals surface area contributed by atoms with E-state index in [1.54, 1.807) is 6.07 Å². The van der Waals surface area contributed by atoms with E-state index in [0.717, 1.165) is 42.5 Å². The molecule has 4 rings (SSSR count). The standard InChI is InChI=1S/C30H32N2O6/c1-2-17-37-30(36)31-27(29(34)35)19-24-18-26(32-38-24)25-10-6-9-22(25)15-16-28(33)23-13-11-21(12-14-23)20-7-4-3-5-8-20/h2-5,7-8,11-14,18,22,25,27H,1,6,9-10,15-17,19H2,(H,31,36)(H,34,35). The molecule has 1 saturated carbocycles. The van der Waals surface area contributed by atoms with Gasteiger partial charge in [0.05, 0.1) is 5.69 Å². The van der Waals surface area contributed by atoms with Crippen molar-refractivity contribution in [2.75, 3.05) is 6.61 Å². The summed E-state index contributed by atoms with van der Waals surface area (Å²) in [6.45, 7) is 3.43. The van der Waals surface area contributed by atoms with Gasteiger partial charge in [-0.15, -0.1) is 0 Å². The highest BCUT2D eigenvalue weighted by atomic mass is 16.5. The lowest BCUT2D eigenvalue weighted by atomic mass is 9.87. The third-order valence-corrected chi connectivity index (χ3v) is 7.00. The molecular weight excluding hydrogens is 484 g/mol. The maximum absolute atomic E-state index is 12.9. The number of carbonyl (C=O) groups excluding carboxylic acids is 2. The molecule has 0 radical (unpaired) electrons. The molecule has 8 nitrogen and oxygen atoms in total. The van der Waals surface area contributed by atoms with Gasteiger partial charge in [-0.2, -0.15) is 0 Å². The van der Waals surface area contributed by atoms with Gasteiger partial charge in [0.1, 0.15) is 18.4 Å². The van der Waals surface area contributed by atoms with E-state index >= 15 is 0 Å². The van der Waals surface area contributed by atoms with Crippen molar-refractivity contribution >= 4 is 17.8 Å². The lowest BCUT2D eigenvalue weighted by molar-refractivity contribution is -0.139. The quantitative estimate of drug-likeness (QED) is 0.231. The molecule has 3 aromatic rings. The minimum Gasteiger partial charge on any atom is -0.480 e. The monoisotopic (exact) mass is 516 g/mol. The average Bonchev–Trinajstić information content (AvgIpc) is 3.60. The molecule has 1 aliphatic rings. The summed E-state index contributed by atoms with van der Waals surface area (Å²) in [6, 6.07) is 18.4. The Bertz CT molecular complexity index is 1250. The van der Waals surface area contributed by atoms with Crippen LogP contribution in [0.2, 0.25) is 0 Å². The Hall–Kier alpha value is -4.20. The van der Waals surface area contributed by atoms with Crippen LogP contribution >= 0.6 is 0 Å². The lowest BCUT2D eigenvalue weighted by Crippen LogP contribution is -2.42. The average molecular weight is 517 g/mol. The number of Topliss-reactive ketones (excluding diaryl/α,β-unsaturated/α-hetero) is 1. The van der Waals surface area contributed by atoms with Crippen molar-refractivity contribution in [2.45, 2.75) is 50.5 Å². The van der Waals surface area contributed by atoms with Crippen molar-refractivity contribution in [2.24, 2.45) is 5.92 Å². The first kappa shape index (κ1) is 26.9. The summed E-state index contributed by atoms with van der Waals surface area (Å²) in [7, 11) is 0. The van der Waals surface area contributed by atoms with Gasteiger partial charge in [-0.3, -0.25) is 4.79 Å². The second kappa shape index (κ2) is 12.9. The normalized spacial score (nSPS) is 17.5. The van der Waals surface area contributed by atoms with Crippen LogP contribution in [0.15, 0.2) is 77.8 Å². The highest BCUT2D eigenvalue weighted by Crippen LogP contribution is 2.42. The summed E-state index contributed by atoms with van der Waals surface area (Å²) < 4.78 is 10.2. The number of carbonyl (C=O) groups is 3. The topological polar surface area (TPSA) is 119 Å². The van der Waals surface area contributed by atoms with Gasteiger partial charge in [0.15, 0.2) is 5.78 Å². The number of rotatable bonds is 12. The second-order valence-corrected chi connectivity index (χ2v) is 9.55. The van der Waals surface area contributed by atoms with Crippen molar-refractivity contribution in [1.82, 2.24) is 10.5 Å². The molecule has 0 saturated heterocycles. The third kappa shape index (κ3) is 6.97. The minimum absolute atomic E-state index is 0.0187. The van der Waals surface area contributed by atoms with Crippen LogP contribution in [0.25, 0.3) is 11.1 Å². The number of hydrogen-bond donors (Lipinski definition) is 2. The number of alkyl carbamates (subject to hydrolysis) is 1. The molecule has 8 heteroatoms. The highest BCUT2D eigenvalue weighted by Gasteiger charge is 2.32. The zero-order valence-corrected chi connectivity index (χ0v) is 21.2. The molecule has 3 unspecified atom stereocenters. The van der Waals surface area contributed by atoms with Crippen LogP contribution in [0.4, 0.5) is 4.79 Å². The number of hydrogen-bond acceptors (Lipinski definition) is 6. The summed E-state index contributed by atoms with van der Waals surface area (Å²) in [5.41, 5.74) is 3.67. The minimum atomic E-state index is -1.21. The number of carboxylic acid groups (broad SMARTS) is 1. The van der Waals surface area contributed by atoms with Gasteiger partial charge in [-0.1, -0.05) is 78.8 Å². The molecule has 0 bridgehead atoms. The van der Waals surface area contributed by atoms with Gasteiger partial charge < -0.3 is 19.7 Å². The SMILES string of the molecule is C=CCOC(=O)NC(Cc1cc(C2CCCC2CCC(=O)c2ccc(-c3ccccc3)cc2)no1)C(=O)O. The summed E-state index contributed by atoms with van der Waals surface area (Å²) in [4.78, 5) is 36.3. The third-order valence-electron chi connectivity index (χ3n) is 7.00. The van der Waals surface area contributed by atoms with Crippen LogP contribution in [-0.2, 0) is 16.0 Å². The molecule has 38 heavy (non-hydrogen) atoms. The van der Waals surface area contributed by atoms with E-state index in [1.165, 1.54) is 6.08 Å². The molecule has 2 N–H and O–H groups in total. The van der Waals surface area contributed by atoms with Crippen LogP contribution in [0.1, 0.15) is 59.8 Å². The molecule has 1 fully saturated rings. The lowest BCUT2D eigenvalue weighted by Gasteiger charge is -2.17. The van der Waals surface area contributed by atoms with Gasteiger partial charge in [0, 0.05) is 30.4 Å². The predicted molar refractivity (Wildman–Crippen MR) is 142 cm³/mol. The Morgan fingerprint density at radius 3 is 2.55 bits per heavy atom. The molecule has 3 atom stereocenters. The smallest absolute Gasteiger partial charge is 0.408 e. The zero-order valence-electron chi connectivity index (χ0n) is 21.2. The van der Waals surface area contributed by atoms with E-state index in [-0.39, 0.29) is 24.7 Å². The van der Waals surface area contributed by atoms with Crippen LogP contribution in [0.3, 0.4) is 0 Å². The molecule has 1 heterocycles. The molecule has 1 amide bonds. The highest BCUT2D eigenvalue weighted by molar-refractivity contribution is 5.96. The van der Waals surface area contributed by atoms with Crippen LogP contribution < -0.4 is 5.32 Å². The number of amides is 1. The molecule has 1 aromatic heterocycles. The predicted octanol–water partition coefficient (Wildman–Crippen LogP) is 5.80. The molecular formula is C30H32N2O6. The summed E-state index contributed by atoms with van der Waals surface area (Å²) in [5.74, 6) is -0.267. The number of carboxylic acids is 1. The van der Waals surface area contributed by atoms with Gasteiger partial charge in [0.25, 0.3) is 0 Å². The number of ether oxygens (including phenoxy) is 1. The molecule has 198 valence electrons. The van der Waals surface area contributed by atoms with Crippen molar-refractivity contribution in [3.63, 3.8) is 0 Å². The zero-order chi connectivity index (χ0) is 26.9. The number of ketones is 1. The van der Waals surface area contributed by atoms with Crippen LogP contribution in [0.5, 0.6) is 0 Å². The number of aliphatic carboxylic acids is 1. The van der Waals surface area contributed by atoms with Gasteiger partial charge >= 0.3 is 12.1 Å². The van der Waals surface area contributed by atoms with E-state index in [9.17, 15) is 19.5 Å². The Morgan fingerprint density at radius 2 is 1.84 bits per heavy atom. The number of nitrogens with one attached hydrogen (secondary N) is 1. The first-order valence-corrected chi connectivity index (χ1v) is 12.9. The first-order chi connectivity index (χ1) is 18.4. The fraction of sp³-hybridized carbons (Fsp3) is 0.333. The van der Waals surface area contributed by atoms with E-state index < -0.39 is 18.1 Å². The van der Waals surface area contributed by atoms with Gasteiger partial charge in [-0.05, 0) is 36.3 Å². The Kier molecular flexibility index (Phi) is 9.08. The van der Waals surface area contributed by atoms with Crippen LogP contribution in [0, 0.1) is 5.92 Å². The molecule has 1 aliphatic carbocycles. The van der Waals surface area contributed by atoms with Crippen molar-refractivity contribution in [3.05, 3.63) is 90.3 Å². The molecule has 2 aromatic carbocycles. The second-order valence-electron chi connectivity index (χ2n) is 9.55. The summed E-state index contributed by atoms with van der Waals surface area (Å²) in [5, 5.41) is 16.0. The Labute approximate surface area is 221 Å². The van der Waals surface area contributed by atoms with E-state index in [1.807, 2.05) is 54.6 Å². The Balaban J connectivity index is 1.32. The van der Waals surface area contributed by atoms with Gasteiger partial charge in [0.2, 0.25) is 0 Å². The first-order valence-electron chi connectivity index (χ1n) is 12.9. The number of nitrogens with zero attached hydrogens (tertiary/aromatic N) is 1. The summed E-state index contributed by atoms with van der Waals surface area (Å²) in [6.07, 6.45) is 4.67. The maximum Gasteiger partial charge on any atom is 0.408 e. The van der Waals surface area contributed by atoms with Gasteiger partial charge in [-0.25, -0.2) is 9.59 Å². The fourth-order valence-corrected chi connectivity index (χ4v) is 5.03. The van der Waals surface area contributed by atoms with E-state index in [4.69, 9.17) is 9.26 Å². The largest absolute Gasteiger partial charge is 0.480 e. The Morgan fingerprint density at radius 1 is 1.11 bits per heavy atom. The van der Waals surface area contributed by atoms with E-state index in [0.29, 0.717) is 23.7 Å².